The number of benzene rings is 2. The molecule has 2 N–H and O–H groups in total. The second-order valence-electron chi connectivity index (χ2n) is 13.6. The lowest BCUT2D eigenvalue weighted by molar-refractivity contribution is -0.158. The number of unbranched alkanes of at least 4 members (excludes halogenated alkanes) is 4. The number of aromatic nitrogens is 2. The summed E-state index contributed by atoms with van der Waals surface area (Å²) in [6.45, 7) is 9.53. The van der Waals surface area contributed by atoms with Gasteiger partial charge in [0, 0.05) is 41.4 Å². The maximum Gasteiger partial charge on any atom is 0.326 e. The largest absolute Gasteiger partial charge is 0.494 e. The van der Waals surface area contributed by atoms with Crippen LogP contribution < -0.4 is 10.1 Å². The van der Waals surface area contributed by atoms with E-state index in [1.165, 1.54) is 41.9 Å². The molecule has 1 aliphatic heterocycles. The van der Waals surface area contributed by atoms with E-state index in [9.17, 15) is 19.5 Å². The summed E-state index contributed by atoms with van der Waals surface area (Å²) in [7, 11) is 0. The van der Waals surface area contributed by atoms with E-state index < -0.39 is 24.0 Å². The van der Waals surface area contributed by atoms with Gasteiger partial charge in [-0.25, -0.2) is 14.8 Å². The Kier molecular flexibility index (Phi) is 11.8. The van der Waals surface area contributed by atoms with Crippen LogP contribution in [0.4, 0.5) is 0 Å². The second-order valence-corrected chi connectivity index (χ2v) is 14.7. The molecule has 9 nitrogen and oxygen atoms in total. The first-order chi connectivity index (χ1) is 23.5. The molecule has 1 aliphatic rings. The summed E-state index contributed by atoms with van der Waals surface area (Å²) in [6, 6.07) is 17.4. The molecule has 0 aliphatic carbocycles. The molecule has 1 saturated heterocycles. The fourth-order valence-electron chi connectivity index (χ4n) is 5.69. The zero-order valence-corrected chi connectivity index (χ0v) is 29.6. The second kappa shape index (κ2) is 16.2. The number of carbonyl (C=O) groups is 3. The summed E-state index contributed by atoms with van der Waals surface area (Å²) in [5, 5.41) is 12.5. The highest BCUT2D eigenvalue weighted by molar-refractivity contribution is 7.14. The topological polar surface area (TPSA) is 122 Å². The highest BCUT2D eigenvalue weighted by atomic mass is 32.1. The number of amides is 2. The van der Waals surface area contributed by atoms with E-state index in [0.29, 0.717) is 23.7 Å². The minimum Gasteiger partial charge on any atom is -0.494 e. The van der Waals surface area contributed by atoms with E-state index in [0.717, 1.165) is 45.9 Å². The average Bonchev–Trinajstić information content (AvgIpc) is 3.58. The van der Waals surface area contributed by atoms with Gasteiger partial charge < -0.3 is 20.1 Å². The third-order valence-electron chi connectivity index (χ3n) is 8.77. The van der Waals surface area contributed by atoms with E-state index in [-0.39, 0.29) is 17.7 Å². The number of nitrogens with zero attached hydrogens (tertiary/aromatic N) is 3. The summed E-state index contributed by atoms with van der Waals surface area (Å²) in [5.41, 5.74) is 3.42. The predicted molar refractivity (Wildman–Crippen MR) is 193 cm³/mol. The van der Waals surface area contributed by atoms with Gasteiger partial charge in [0.2, 0.25) is 5.91 Å². The number of hydrogen-bond donors (Lipinski definition) is 2. The molecule has 4 aromatic rings. The Balaban J connectivity index is 1.23. The van der Waals surface area contributed by atoms with Gasteiger partial charge in [0.05, 0.1) is 11.5 Å². The molecule has 2 aromatic carbocycles. The van der Waals surface area contributed by atoms with Gasteiger partial charge in [-0.15, -0.1) is 11.3 Å². The maximum atomic E-state index is 13.5. The van der Waals surface area contributed by atoms with Gasteiger partial charge in [-0.2, -0.15) is 0 Å². The molecule has 0 spiro atoms. The van der Waals surface area contributed by atoms with Crippen LogP contribution in [0.3, 0.4) is 0 Å². The Morgan fingerprint density at radius 1 is 0.918 bits per heavy atom. The number of carboxylic acid groups (broad SMARTS) is 1. The molecule has 3 heterocycles. The van der Waals surface area contributed by atoms with Crippen LogP contribution in [0.1, 0.15) is 86.3 Å². The molecule has 2 aromatic heterocycles. The molecular weight excluding hydrogens is 637 g/mol. The molecule has 2 atom stereocenters. The lowest BCUT2D eigenvalue weighted by Gasteiger charge is -2.40. The van der Waals surface area contributed by atoms with Crippen molar-refractivity contribution in [3.8, 4) is 28.3 Å². The lowest BCUT2D eigenvalue weighted by Crippen LogP contribution is -2.60. The SMILES string of the molecule is CCCCCCCOc1ccc(-c2cnc(-c3ccc(C[C@H](NC(=O)c4ccc(C(C)(C)C)s4)C(=O)N4CC[C@@H]4C(=O)O)cc3)nc2)cc1. The number of carbonyl (C=O) groups excluding carboxylic acids is 2. The van der Waals surface area contributed by atoms with E-state index in [1.807, 2.05) is 54.6 Å². The van der Waals surface area contributed by atoms with Crippen molar-refractivity contribution in [1.29, 1.82) is 0 Å². The van der Waals surface area contributed by atoms with E-state index in [1.54, 1.807) is 18.5 Å². The smallest absolute Gasteiger partial charge is 0.326 e. The molecule has 0 bridgehead atoms. The number of carboxylic acids is 1. The van der Waals surface area contributed by atoms with Crippen molar-refractivity contribution in [3.63, 3.8) is 0 Å². The highest BCUT2D eigenvalue weighted by Crippen LogP contribution is 2.30. The number of aliphatic carboxylic acids is 1. The van der Waals surface area contributed by atoms with Gasteiger partial charge in [0.1, 0.15) is 17.8 Å². The van der Waals surface area contributed by atoms with E-state index in [4.69, 9.17) is 4.74 Å². The van der Waals surface area contributed by atoms with Gasteiger partial charge in [0.15, 0.2) is 5.82 Å². The van der Waals surface area contributed by atoms with Crippen molar-refractivity contribution >= 4 is 29.1 Å². The third-order valence-corrected chi connectivity index (χ3v) is 10.3. The molecule has 10 heteroatoms. The fourth-order valence-corrected chi connectivity index (χ4v) is 6.66. The highest BCUT2D eigenvalue weighted by Gasteiger charge is 2.40. The Morgan fingerprint density at radius 2 is 1.59 bits per heavy atom. The fraction of sp³-hybridized carbons (Fsp3) is 0.410. The first kappa shape index (κ1) is 35.7. The third kappa shape index (κ3) is 9.32. The normalized spacial score (nSPS) is 14.9. The number of nitrogens with one attached hydrogen (secondary N) is 1. The summed E-state index contributed by atoms with van der Waals surface area (Å²) in [4.78, 5) is 50.6. The number of likely N-dealkylation sites (tertiary alicyclic amines) is 1. The minimum atomic E-state index is -1.04. The summed E-state index contributed by atoms with van der Waals surface area (Å²) in [5.74, 6) is -0.367. The lowest BCUT2D eigenvalue weighted by atomic mass is 9.95. The average molecular weight is 683 g/mol. The first-order valence-electron chi connectivity index (χ1n) is 17.1. The summed E-state index contributed by atoms with van der Waals surface area (Å²) in [6.07, 6.45) is 10.2. The van der Waals surface area contributed by atoms with Crippen LogP contribution >= 0.6 is 11.3 Å². The molecule has 0 unspecified atom stereocenters. The Bertz CT molecular complexity index is 1710. The molecule has 258 valence electrons. The first-order valence-corrected chi connectivity index (χ1v) is 17.9. The van der Waals surface area contributed by atoms with Crippen LogP contribution in [-0.2, 0) is 21.4 Å². The number of rotatable bonds is 15. The van der Waals surface area contributed by atoms with Crippen molar-refractivity contribution in [2.24, 2.45) is 0 Å². The van der Waals surface area contributed by atoms with Gasteiger partial charge in [0.25, 0.3) is 5.91 Å². The standard InChI is InChI=1S/C39H46N4O5S/c1-5-6-7-8-9-22-48-30-16-14-27(15-17-30)29-24-40-35(41-25-29)28-12-10-26(11-13-28)23-31(37(45)43-21-20-32(43)38(46)47)42-36(44)33-18-19-34(49-33)39(2,3)4/h10-19,24-25,31-32H,5-9,20-23H2,1-4H3,(H,42,44)(H,46,47)/t31-,32+/m0/s1. The summed E-state index contributed by atoms with van der Waals surface area (Å²) >= 11 is 1.40. The minimum absolute atomic E-state index is 0.107. The summed E-state index contributed by atoms with van der Waals surface area (Å²) < 4.78 is 5.89. The molecule has 0 saturated carbocycles. The van der Waals surface area contributed by atoms with Gasteiger partial charge in [-0.1, -0.05) is 89.8 Å². The molecular formula is C39H46N4O5S. The van der Waals surface area contributed by atoms with E-state index in [2.05, 4.69) is 43.0 Å². The van der Waals surface area contributed by atoms with Crippen LogP contribution in [0.5, 0.6) is 5.75 Å². The monoisotopic (exact) mass is 682 g/mol. The molecule has 0 radical (unpaired) electrons. The van der Waals surface area contributed by atoms with Crippen molar-refractivity contribution in [2.75, 3.05) is 13.2 Å². The molecule has 5 rings (SSSR count). The van der Waals surface area contributed by atoms with Gasteiger partial charge in [-0.3, -0.25) is 9.59 Å². The maximum absolute atomic E-state index is 13.5. The molecule has 2 amide bonds. The van der Waals surface area contributed by atoms with Crippen LogP contribution in [0.15, 0.2) is 73.1 Å². The quantitative estimate of drug-likeness (QED) is 0.124. The zero-order valence-electron chi connectivity index (χ0n) is 28.8. The van der Waals surface area contributed by atoms with Crippen LogP contribution in [-0.4, -0.2) is 63.0 Å². The van der Waals surface area contributed by atoms with Gasteiger partial charge in [-0.05, 0) is 53.6 Å². The Hall–Kier alpha value is -4.57. The van der Waals surface area contributed by atoms with Crippen LogP contribution in [0, 0.1) is 0 Å². The Morgan fingerprint density at radius 3 is 2.18 bits per heavy atom. The van der Waals surface area contributed by atoms with Crippen LogP contribution in [0.2, 0.25) is 0 Å². The van der Waals surface area contributed by atoms with E-state index >= 15 is 0 Å². The predicted octanol–water partition coefficient (Wildman–Crippen LogP) is 7.55. The number of ether oxygens (including phenoxy) is 1. The molecule has 1 fully saturated rings. The van der Waals surface area contributed by atoms with Gasteiger partial charge >= 0.3 is 5.97 Å². The van der Waals surface area contributed by atoms with Crippen molar-refractivity contribution in [1.82, 2.24) is 20.2 Å². The number of hydrogen-bond acceptors (Lipinski definition) is 7. The zero-order chi connectivity index (χ0) is 35.0. The van der Waals surface area contributed by atoms with Crippen molar-refractivity contribution in [2.45, 2.75) is 90.1 Å². The van der Waals surface area contributed by atoms with Crippen molar-refractivity contribution < 1.29 is 24.2 Å². The Labute approximate surface area is 292 Å². The van der Waals surface area contributed by atoms with Crippen molar-refractivity contribution in [3.05, 3.63) is 88.4 Å². The van der Waals surface area contributed by atoms with Crippen LogP contribution in [0.25, 0.3) is 22.5 Å². The molecule has 49 heavy (non-hydrogen) atoms. The number of thiophene rings is 1.